The molecular weight excluding hydrogens is 242 g/mol. The van der Waals surface area contributed by atoms with Gasteiger partial charge in [0.1, 0.15) is 24.5 Å². The second-order valence-electron chi connectivity index (χ2n) is 4.62. The molecule has 0 aliphatic carbocycles. The van der Waals surface area contributed by atoms with E-state index in [1.165, 1.54) is 0 Å². The largest absolute Gasteiger partial charge is 0.489 e. The first-order chi connectivity index (χ1) is 9.29. The van der Waals surface area contributed by atoms with Gasteiger partial charge in [0.05, 0.1) is 5.56 Å². The number of β-amino-alcohol motifs (C(OH)–C–C–N with tert-alkyl or cyclic N) is 1. The van der Waals surface area contributed by atoms with E-state index in [0.29, 0.717) is 17.9 Å². The van der Waals surface area contributed by atoms with Gasteiger partial charge in [-0.15, -0.1) is 0 Å². The number of nitrogens with zero attached hydrogens (tertiary/aromatic N) is 2. The fraction of sp³-hybridized carbons (Fsp3) is 0.500. The first-order valence-corrected chi connectivity index (χ1v) is 6.52. The number of ether oxygens (including phenoxy) is 1. The van der Waals surface area contributed by atoms with Crippen LogP contribution in [0.5, 0.6) is 5.75 Å². The van der Waals surface area contributed by atoms with Crippen LogP contribution in [0.4, 0.5) is 0 Å². The van der Waals surface area contributed by atoms with Gasteiger partial charge in [-0.2, -0.15) is 5.26 Å². The molecule has 0 saturated carbocycles. The highest BCUT2D eigenvalue weighted by atomic mass is 16.5. The number of benzene rings is 1. The number of para-hydroxylation sites is 1. The zero-order valence-corrected chi connectivity index (χ0v) is 10.9. The Bertz CT molecular complexity index is 439. The summed E-state index contributed by atoms with van der Waals surface area (Å²) in [5, 5.41) is 22.2. The molecule has 0 amide bonds. The zero-order valence-electron chi connectivity index (χ0n) is 10.9. The van der Waals surface area contributed by atoms with Crippen molar-refractivity contribution in [2.24, 2.45) is 0 Å². The molecule has 1 saturated heterocycles. The van der Waals surface area contributed by atoms with Gasteiger partial charge in [0, 0.05) is 32.7 Å². The van der Waals surface area contributed by atoms with Crippen molar-refractivity contribution in [3.8, 4) is 11.8 Å². The van der Waals surface area contributed by atoms with E-state index in [0.717, 1.165) is 26.2 Å². The van der Waals surface area contributed by atoms with E-state index in [2.05, 4.69) is 16.3 Å². The van der Waals surface area contributed by atoms with Crippen LogP contribution in [0.25, 0.3) is 0 Å². The number of rotatable bonds is 5. The van der Waals surface area contributed by atoms with E-state index < -0.39 is 6.10 Å². The molecule has 5 heteroatoms. The van der Waals surface area contributed by atoms with Gasteiger partial charge in [-0.3, -0.25) is 4.90 Å². The summed E-state index contributed by atoms with van der Waals surface area (Å²) >= 11 is 0. The molecule has 0 bridgehead atoms. The minimum atomic E-state index is -0.537. The van der Waals surface area contributed by atoms with Crippen molar-refractivity contribution in [3.63, 3.8) is 0 Å². The minimum absolute atomic E-state index is 0.211. The SMILES string of the molecule is N#Cc1ccccc1OCC(O)CN1CCNCC1. The van der Waals surface area contributed by atoms with Crippen molar-refractivity contribution in [1.29, 1.82) is 5.26 Å². The molecule has 0 aromatic heterocycles. The molecule has 2 rings (SSSR count). The second-order valence-corrected chi connectivity index (χ2v) is 4.62. The molecule has 0 radical (unpaired) electrons. The molecule has 0 spiro atoms. The Hall–Kier alpha value is -1.61. The highest BCUT2D eigenvalue weighted by Gasteiger charge is 2.15. The molecule has 19 heavy (non-hydrogen) atoms. The molecule has 5 nitrogen and oxygen atoms in total. The van der Waals surface area contributed by atoms with Gasteiger partial charge in [0.25, 0.3) is 0 Å². The van der Waals surface area contributed by atoms with Gasteiger partial charge in [-0.1, -0.05) is 12.1 Å². The van der Waals surface area contributed by atoms with Crippen LogP contribution >= 0.6 is 0 Å². The Morgan fingerprint density at radius 3 is 2.84 bits per heavy atom. The molecular formula is C14H19N3O2. The fourth-order valence-corrected chi connectivity index (χ4v) is 2.12. The average Bonchev–Trinajstić information content (AvgIpc) is 2.46. The predicted octanol–water partition coefficient (Wildman–Crippen LogP) is 0.203. The third-order valence-corrected chi connectivity index (χ3v) is 3.12. The van der Waals surface area contributed by atoms with Gasteiger partial charge < -0.3 is 15.2 Å². The van der Waals surface area contributed by atoms with Crippen LogP contribution in [-0.4, -0.2) is 55.4 Å². The molecule has 1 aliphatic rings. The lowest BCUT2D eigenvalue weighted by Gasteiger charge is -2.29. The maximum atomic E-state index is 9.96. The summed E-state index contributed by atoms with van der Waals surface area (Å²) in [5.74, 6) is 0.532. The quantitative estimate of drug-likeness (QED) is 0.792. The van der Waals surface area contributed by atoms with Gasteiger partial charge in [0.15, 0.2) is 0 Å². The molecule has 1 atom stereocenters. The van der Waals surface area contributed by atoms with Crippen LogP contribution in [0.15, 0.2) is 24.3 Å². The monoisotopic (exact) mass is 261 g/mol. The van der Waals surface area contributed by atoms with Gasteiger partial charge in [-0.05, 0) is 12.1 Å². The number of nitriles is 1. The Kier molecular flexibility index (Phi) is 5.16. The summed E-state index contributed by atoms with van der Waals surface area (Å²) in [6.45, 7) is 4.65. The normalized spacial score (nSPS) is 17.7. The summed E-state index contributed by atoms with van der Waals surface area (Å²) in [7, 11) is 0. The van der Waals surface area contributed by atoms with E-state index in [4.69, 9.17) is 10.00 Å². The van der Waals surface area contributed by atoms with Crippen molar-refractivity contribution >= 4 is 0 Å². The van der Waals surface area contributed by atoms with E-state index in [9.17, 15) is 5.11 Å². The molecule has 1 fully saturated rings. The Morgan fingerprint density at radius 2 is 2.11 bits per heavy atom. The van der Waals surface area contributed by atoms with Crippen molar-refractivity contribution in [2.75, 3.05) is 39.3 Å². The minimum Gasteiger partial charge on any atom is -0.489 e. The van der Waals surface area contributed by atoms with Crippen molar-refractivity contribution < 1.29 is 9.84 Å². The third kappa shape index (κ3) is 4.21. The topological polar surface area (TPSA) is 68.5 Å². The lowest BCUT2D eigenvalue weighted by atomic mass is 10.2. The van der Waals surface area contributed by atoms with E-state index in [-0.39, 0.29) is 6.61 Å². The van der Waals surface area contributed by atoms with Crippen LogP contribution in [0, 0.1) is 11.3 Å². The zero-order chi connectivity index (χ0) is 13.5. The number of hydrogen-bond acceptors (Lipinski definition) is 5. The lowest BCUT2D eigenvalue weighted by Crippen LogP contribution is -2.47. The predicted molar refractivity (Wildman–Crippen MR) is 72.0 cm³/mol. The summed E-state index contributed by atoms with van der Waals surface area (Å²) in [4.78, 5) is 2.21. The van der Waals surface area contributed by atoms with Crippen LogP contribution in [0.3, 0.4) is 0 Å². The summed E-state index contributed by atoms with van der Waals surface area (Å²) < 4.78 is 5.52. The van der Waals surface area contributed by atoms with Crippen molar-refractivity contribution in [2.45, 2.75) is 6.10 Å². The third-order valence-electron chi connectivity index (χ3n) is 3.12. The maximum Gasteiger partial charge on any atom is 0.137 e. The van der Waals surface area contributed by atoms with Gasteiger partial charge >= 0.3 is 0 Å². The molecule has 1 aromatic carbocycles. The number of hydrogen-bond donors (Lipinski definition) is 2. The van der Waals surface area contributed by atoms with E-state index in [1.54, 1.807) is 18.2 Å². The average molecular weight is 261 g/mol. The first kappa shape index (κ1) is 13.8. The van der Waals surface area contributed by atoms with Gasteiger partial charge in [0.2, 0.25) is 0 Å². The lowest BCUT2D eigenvalue weighted by molar-refractivity contribution is 0.0640. The van der Waals surface area contributed by atoms with Crippen LogP contribution in [-0.2, 0) is 0 Å². The molecule has 1 aliphatic heterocycles. The number of piperazine rings is 1. The Morgan fingerprint density at radius 1 is 1.37 bits per heavy atom. The van der Waals surface area contributed by atoms with Crippen LogP contribution in [0.2, 0.25) is 0 Å². The number of nitrogens with one attached hydrogen (secondary N) is 1. The summed E-state index contributed by atoms with van der Waals surface area (Å²) in [6, 6.07) is 9.14. The van der Waals surface area contributed by atoms with Crippen molar-refractivity contribution in [1.82, 2.24) is 10.2 Å². The number of aliphatic hydroxyl groups is 1. The van der Waals surface area contributed by atoms with E-state index in [1.807, 2.05) is 6.07 Å². The smallest absolute Gasteiger partial charge is 0.137 e. The molecule has 1 heterocycles. The maximum absolute atomic E-state index is 9.96. The van der Waals surface area contributed by atoms with Crippen molar-refractivity contribution in [3.05, 3.63) is 29.8 Å². The first-order valence-electron chi connectivity index (χ1n) is 6.52. The fourth-order valence-electron chi connectivity index (χ4n) is 2.12. The molecule has 2 N–H and O–H groups in total. The summed E-state index contributed by atoms with van der Waals surface area (Å²) in [5.41, 5.74) is 0.497. The molecule has 1 aromatic rings. The van der Waals surface area contributed by atoms with Crippen LogP contribution in [0.1, 0.15) is 5.56 Å². The van der Waals surface area contributed by atoms with E-state index >= 15 is 0 Å². The standard InChI is InChI=1S/C14H19N3O2/c15-9-12-3-1-2-4-14(12)19-11-13(18)10-17-7-5-16-6-8-17/h1-4,13,16,18H,5-8,10-11H2. The number of aliphatic hydroxyl groups excluding tert-OH is 1. The summed E-state index contributed by atoms with van der Waals surface area (Å²) in [6.07, 6.45) is -0.537. The second kappa shape index (κ2) is 7.10. The highest BCUT2D eigenvalue weighted by Crippen LogP contribution is 2.16. The highest BCUT2D eigenvalue weighted by molar-refractivity contribution is 5.42. The Labute approximate surface area is 113 Å². The van der Waals surface area contributed by atoms with Crippen LogP contribution < -0.4 is 10.1 Å². The molecule has 1 unspecified atom stereocenters. The Balaban J connectivity index is 1.79. The molecule has 102 valence electrons. The van der Waals surface area contributed by atoms with Gasteiger partial charge in [-0.25, -0.2) is 0 Å².